The van der Waals surface area contributed by atoms with E-state index in [2.05, 4.69) is 0 Å². The first-order valence-corrected chi connectivity index (χ1v) is 5.14. The molecule has 2 N–H and O–H groups in total. The molecule has 0 radical (unpaired) electrons. The first-order chi connectivity index (χ1) is 7.00. The Labute approximate surface area is 94.9 Å². The van der Waals surface area contributed by atoms with Gasteiger partial charge >= 0.3 is 11.9 Å². The minimum atomic E-state index is -1.51. The maximum absolute atomic E-state index is 10.6. The second-order valence-corrected chi connectivity index (χ2v) is 4.25. The van der Waals surface area contributed by atoms with Crippen LogP contribution in [0.4, 0.5) is 0 Å². The summed E-state index contributed by atoms with van der Waals surface area (Å²) in [6.45, 7) is 0. The highest BCUT2D eigenvalue weighted by Gasteiger charge is 2.26. The van der Waals surface area contributed by atoms with E-state index < -0.39 is 17.2 Å². The van der Waals surface area contributed by atoms with E-state index in [0.29, 0.717) is 9.92 Å². The fourth-order valence-electron chi connectivity index (χ4n) is 0.883. The summed E-state index contributed by atoms with van der Waals surface area (Å²) in [6, 6.07) is 6.38. The van der Waals surface area contributed by atoms with Crippen molar-refractivity contribution in [2.45, 2.75) is 10.1 Å². The van der Waals surface area contributed by atoms with Crippen molar-refractivity contribution in [2.75, 3.05) is 0 Å². The van der Waals surface area contributed by atoms with Crippen molar-refractivity contribution >= 4 is 35.3 Å². The Hall–Kier alpha value is -1.20. The highest BCUT2D eigenvalue weighted by atomic mass is 35.5. The number of carbonyl (C=O) groups is 2. The van der Waals surface area contributed by atoms with Crippen LogP contribution in [0.1, 0.15) is 0 Å². The summed E-state index contributed by atoms with van der Waals surface area (Å²) < 4.78 is 0. The quantitative estimate of drug-likeness (QED) is 0.628. The van der Waals surface area contributed by atoms with E-state index in [9.17, 15) is 9.59 Å². The average Bonchev–Trinajstić information content (AvgIpc) is 2.13. The topological polar surface area (TPSA) is 74.6 Å². The SMILES string of the molecule is O=C(O)C(Sc1cccc(Cl)c1)C(=O)O. The predicted molar refractivity (Wildman–Crippen MR) is 56.4 cm³/mol. The third kappa shape index (κ3) is 3.45. The first-order valence-electron chi connectivity index (χ1n) is 3.88. The van der Waals surface area contributed by atoms with Gasteiger partial charge in [-0.25, -0.2) is 0 Å². The number of carboxylic acids is 2. The van der Waals surface area contributed by atoms with Crippen molar-refractivity contribution < 1.29 is 19.8 Å². The van der Waals surface area contributed by atoms with Crippen LogP contribution in [-0.2, 0) is 9.59 Å². The Kier molecular flexibility index (Phi) is 3.99. The molecular weight excluding hydrogens is 240 g/mol. The molecule has 6 heteroatoms. The van der Waals surface area contributed by atoms with E-state index >= 15 is 0 Å². The molecular formula is C9H7ClO4S. The minimum Gasteiger partial charge on any atom is -0.480 e. The van der Waals surface area contributed by atoms with Crippen molar-refractivity contribution in [2.24, 2.45) is 0 Å². The molecule has 0 saturated heterocycles. The van der Waals surface area contributed by atoms with E-state index in [1.807, 2.05) is 0 Å². The fourth-order valence-corrected chi connectivity index (χ4v) is 1.96. The monoisotopic (exact) mass is 246 g/mol. The van der Waals surface area contributed by atoms with Gasteiger partial charge in [0, 0.05) is 9.92 Å². The molecule has 0 atom stereocenters. The van der Waals surface area contributed by atoms with Crippen LogP contribution in [0.2, 0.25) is 5.02 Å². The van der Waals surface area contributed by atoms with Crippen molar-refractivity contribution in [3.8, 4) is 0 Å². The Bertz CT molecular complexity index is 379. The predicted octanol–water partition coefficient (Wildman–Crippen LogP) is 1.97. The molecule has 1 rings (SSSR count). The summed E-state index contributed by atoms with van der Waals surface area (Å²) in [6.07, 6.45) is 0. The van der Waals surface area contributed by atoms with Crippen LogP contribution < -0.4 is 0 Å². The van der Waals surface area contributed by atoms with E-state index in [0.717, 1.165) is 11.8 Å². The van der Waals surface area contributed by atoms with E-state index in [-0.39, 0.29) is 0 Å². The molecule has 1 aromatic rings. The van der Waals surface area contributed by atoms with E-state index in [1.165, 1.54) is 6.07 Å². The fraction of sp³-hybridized carbons (Fsp3) is 0.111. The largest absolute Gasteiger partial charge is 0.480 e. The van der Waals surface area contributed by atoms with Crippen molar-refractivity contribution in [3.63, 3.8) is 0 Å². The van der Waals surface area contributed by atoms with Gasteiger partial charge in [-0.1, -0.05) is 29.4 Å². The second kappa shape index (κ2) is 5.04. The van der Waals surface area contributed by atoms with Crippen LogP contribution in [0.5, 0.6) is 0 Å². The van der Waals surface area contributed by atoms with Gasteiger partial charge in [0.1, 0.15) is 0 Å². The molecule has 0 heterocycles. The molecule has 0 aliphatic carbocycles. The van der Waals surface area contributed by atoms with Crippen LogP contribution in [0.25, 0.3) is 0 Å². The number of benzene rings is 1. The maximum atomic E-state index is 10.6. The molecule has 0 aliphatic heterocycles. The van der Waals surface area contributed by atoms with Gasteiger partial charge in [0.2, 0.25) is 5.25 Å². The van der Waals surface area contributed by atoms with E-state index in [4.69, 9.17) is 21.8 Å². The third-order valence-corrected chi connectivity index (χ3v) is 2.90. The van der Waals surface area contributed by atoms with Crippen molar-refractivity contribution in [1.29, 1.82) is 0 Å². The molecule has 80 valence electrons. The number of hydrogen-bond acceptors (Lipinski definition) is 3. The van der Waals surface area contributed by atoms with Gasteiger partial charge in [0.25, 0.3) is 0 Å². The van der Waals surface area contributed by atoms with Gasteiger partial charge in [0.15, 0.2) is 0 Å². The number of halogens is 1. The number of rotatable bonds is 4. The lowest BCUT2D eigenvalue weighted by molar-refractivity contribution is -0.146. The molecule has 0 unspecified atom stereocenters. The second-order valence-electron chi connectivity index (χ2n) is 2.63. The average molecular weight is 247 g/mol. The lowest BCUT2D eigenvalue weighted by Crippen LogP contribution is -2.25. The van der Waals surface area contributed by atoms with Gasteiger partial charge in [-0.3, -0.25) is 9.59 Å². The van der Waals surface area contributed by atoms with Crippen molar-refractivity contribution in [1.82, 2.24) is 0 Å². The lowest BCUT2D eigenvalue weighted by Gasteiger charge is -2.06. The molecule has 1 aromatic carbocycles. The molecule has 0 spiro atoms. The van der Waals surface area contributed by atoms with Crippen LogP contribution in [0.15, 0.2) is 29.2 Å². The molecule has 0 amide bonds. The summed E-state index contributed by atoms with van der Waals surface area (Å²) in [5, 5.41) is 16.2. The maximum Gasteiger partial charge on any atom is 0.328 e. The highest BCUT2D eigenvalue weighted by molar-refractivity contribution is 8.01. The number of thioether (sulfide) groups is 1. The molecule has 0 bridgehead atoms. The Balaban J connectivity index is 2.83. The Morgan fingerprint density at radius 2 is 1.87 bits per heavy atom. The summed E-state index contributed by atoms with van der Waals surface area (Å²) in [4.78, 5) is 21.7. The number of hydrogen-bond donors (Lipinski definition) is 2. The normalized spacial score (nSPS) is 10.3. The van der Waals surface area contributed by atoms with Crippen LogP contribution >= 0.6 is 23.4 Å². The van der Waals surface area contributed by atoms with Gasteiger partial charge in [-0.15, -0.1) is 0 Å². The molecule has 0 aromatic heterocycles. The van der Waals surface area contributed by atoms with Gasteiger partial charge in [-0.05, 0) is 18.2 Å². The van der Waals surface area contributed by atoms with Gasteiger partial charge < -0.3 is 10.2 Å². The van der Waals surface area contributed by atoms with Crippen molar-refractivity contribution in [3.05, 3.63) is 29.3 Å². The molecule has 0 aliphatic rings. The number of aliphatic carboxylic acids is 2. The lowest BCUT2D eigenvalue weighted by atomic mass is 10.4. The zero-order chi connectivity index (χ0) is 11.4. The summed E-state index contributed by atoms with van der Waals surface area (Å²) in [5.74, 6) is -2.76. The molecule has 0 fully saturated rings. The summed E-state index contributed by atoms with van der Waals surface area (Å²) in [5.41, 5.74) is 0. The molecule has 4 nitrogen and oxygen atoms in total. The van der Waals surface area contributed by atoms with Gasteiger partial charge in [-0.2, -0.15) is 0 Å². The Morgan fingerprint density at radius 1 is 1.27 bits per heavy atom. The first kappa shape index (κ1) is 11.9. The molecule has 15 heavy (non-hydrogen) atoms. The highest BCUT2D eigenvalue weighted by Crippen LogP contribution is 2.26. The van der Waals surface area contributed by atoms with Gasteiger partial charge in [0.05, 0.1) is 0 Å². The molecule has 0 saturated carbocycles. The zero-order valence-corrected chi connectivity index (χ0v) is 8.96. The zero-order valence-electron chi connectivity index (χ0n) is 7.38. The Morgan fingerprint density at radius 3 is 2.33 bits per heavy atom. The summed E-state index contributed by atoms with van der Waals surface area (Å²) in [7, 11) is 0. The van der Waals surface area contributed by atoms with Crippen LogP contribution in [-0.4, -0.2) is 27.4 Å². The van der Waals surface area contributed by atoms with Crippen LogP contribution in [0, 0.1) is 0 Å². The summed E-state index contributed by atoms with van der Waals surface area (Å²) >= 11 is 6.41. The van der Waals surface area contributed by atoms with Crippen LogP contribution in [0.3, 0.4) is 0 Å². The smallest absolute Gasteiger partial charge is 0.328 e. The minimum absolute atomic E-state index is 0.439. The standard InChI is InChI=1S/C9H7ClO4S/c10-5-2-1-3-6(4-5)15-7(8(11)12)9(13)14/h1-4,7H,(H,11,12)(H,13,14). The third-order valence-electron chi connectivity index (χ3n) is 1.50. The number of carboxylic acid groups (broad SMARTS) is 2. The van der Waals surface area contributed by atoms with E-state index in [1.54, 1.807) is 18.2 Å².